The Kier molecular flexibility index (Phi) is 4.70. The van der Waals surface area contributed by atoms with Crippen molar-refractivity contribution in [3.05, 3.63) is 29.1 Å². The zero-order valence-corrected chi connectivity index (χ0v) is 13.6. The highest BCUT2D eigenvalue weighted by atomic mass is 32.2. The average Bonchev–Trinajstić information content (AvgIpc) is 2.83. The average molecular weight is 314 g/mol. The van der Waals surface area contributed by atoms with Crippen LogP contribution >= 0.6 is 0 Å². The number of aryl methyl sites for hydroxylation is 1. The predicted molar refractivity (Wildman–Crippen MR) is 80.8 cm³/mol. The molecule has 0 radical (unpaired) electrons. The van der Waals surface area contributed by atoms with E-state index >= 15 is 0 Å². The van der Waals surface area contributed by atoms with Gasteiger partial charge in [0.1, 0.15) is 5.82 Å². The Morgan fingerprint density at radius 2 is 2.05 bits per heavy atom. The number of halogens is 1. The highest BCUT2D eigenvalue weighted by Crippen LogP contribution is 2.33. The first-order chi connectivity index (χ1) is 9.82. The molecule has 1 heterocycles. The van der Waals surface area contributed by atoms with Crippen LogP contribution in [0.2, 0.25) is 0 Å². The minimum atomic E-state index is -3.61. The topological polar surface area (TPSA) is 63.4 Å². The predicted octanol–water partition coefficient (Wildman–Crippen LogP) is 2.54. The van der Waals surface area contributed by atoms with E-state index in [1.807, 2.05) is 13.8 Å². The molecule has 0 bridgehead atoms. The second-order valence-electron chi connectivity index (χ2n) is 5.74. The van der Waals surface area contributed by atoms with E-state index < -0.39 is 15.8 Å². The first-order valence-electron chi connectivity index (χ1n) is 7.35. The van der Waals surface area contributed by atoms with Gasteiger partial charge < -0.3 is 5.73 Å². The Labute approximate surface area is 126 Å². The van der Waals surface area contributed by atoms with E-state index in [2.05, 4.69) is 0 Å². The summed E-state index contributed by atoms with van der Waals surface area (Å²) in [6, 6.07) is 2.78. The van der Waals surface area contributed by atoms with Crippen LogP contribution in [0, 0.1) is 12.7 Å². The van der Waals surface area contributed by atoms with Crippen molar-refractivity contribution in [2.75, 3.05) is 0 Å². The van der Waals surface area contributed by atoms with Gasteiger partial charge in [-0.05, 0) is 50.8 Å². The number of rotatable bonds is 4. The summed E-state index contributed by atoms with van der Waals surface area (Å²) in [5.41, 5.74) is 6.08. The minimum absolute atomic E-state index is 0.0111. The SMILES string of the molecule is CCC1CCC(C)N1S(=O)(=O)c1cc(C)c(F)c(CN)c1. The summed E-state index contributed by atoms with van der Waals surface area (Å²) in [7, 11) is -3.61. The van der Waals surface area contributed by atoms with Crippen molar-refractivity contribution >= 4 is 10.0 Å². The standard InChI is InChI=1S/C15H23FN2O2S/c1-4-13-6-5-11(3)18(13)21(19,20)14-7-10(2)15(16)12(8-14)9-17/h7-8,11,13H,4-6,9,17H2,1-3H3. The van der Waals surface area contributed by atoms with Gasteiger partial charge in [0, 0.05) is 24.2 Å². The molecule has 1 fully saturated rings. The molecule has 1 saturated heterocycles. The van der Waals surface area contributed by atoms with Crippen LogP contribution in [0.3, 0.4) is 0 Å². The number of nitrogens with two attached hydrogens (primary N) is 1. The normalized spacial score (nSPS) is 23.7. The van der Waals surface area contributed by atoms with Crippen molar-refractivity contribution in [3.63, 3.8) is 0 Å². The number of hydrogen-bond acceptors (Lipinski definition) is 3. The van der Waals surface area contributed by atoms with E-state index in [1.165, 1.54) is 12.1 Å². The van der Waals surface area contributed by atoms with Crippen LogP contribution in [-0.4, -0.2) is 24.8 Å². The van der Waals surface area contributed by atoms with Crippen LogP contribution in [0.4, 0.5) is 4.39 Å². The molecule has 1 aromatic carbocycles. The van der Waals surface area contributed by atoms with Gasteiger partial charge in [0.15, 0.2) is 0 Å². The van der Waals surface area contributed by atoms with Gasteiger partial charge in [-0.15, -0.1) is 0 Å². The molecule has 4 nitrogen and oxygen atoms in total. The summed E-state index contributed by atoms with van der Waals surface area (Å²) in [6.45, 7) is 5.47. The van der Waals surface area contributed by atoms with Gasteiger partial charge in [0.25, 0.3) is 0 Å². The van der Waals surface area contributed by atoms with Gasteiger partial charge in [0.2, 0.25) is 10.0 Å². The molecule has 0 aliphatic carbocycles. The molecule has 1 aliphatic heterocycles. The molecular formula is C15H23FN2O2S. The van der Waals surface area contributed by atoms with Crippen molar-refractivity contribution in [1.29, 1.82) is 0 Å². The summed E-state index contributed by atoms with van der Waals surface area (Å²) >= 11 is 0. The zero-order chi connectivity index (χ0) is 15.8. The number of benzene rings is 1. The molecule has 6 heteroatoms. The van der Waals surface area contributed by atoms with Gasteiger partial charge >= 0.3 is 0 Å². The molecule has 0 amide bonds. The van der Waals surface area contributed by atoms with Crippen molar-refractivity contribution in [2.45, 2.75) is 63.6 Å². The van der Waals surface area contributed by atoms with Crippen LogP contribution in [-0.2, 0) is 16.6 Å². The summed E-state index contributed by atoms with van der Waals surface area (Å²) in [5.74, 6) is -0.419. The Balaban J connectivity index is 2.51. The third-order valence-corrected chi connectivity index (χ3v) is 6.33. The van der Waals surface area contributed by atoms with Crippen molar-refractivity contribution in [1.82, 2.24) is 4.31 Å². The van der Waals surface area contributed by atoms with Crippen molar-refractivity contribution in [3.8, 4) is 0 Å². The lowest BCUT2D eigenvalue weighted by molar-refractivity contribution is 0.328. The summed E-state index contributed by atoms with van der Waals surface area (Å²) in [4.78, 5) is 0.147. The minimum Gasteiger partial charge on any atom is -0.326 e. The Morgan fingerprint density at radius 1 is 1.38 bits per heavy atom. The molecule has 21 heavy (non-hydrogen) atoms. The Morgan fingerprint density at radius 3 is 2.62 bits per heavy atom. The largest absolute Gasteiger partial charge is 0.326 e. The quantitative estimate of drug-likeness (QED) is 0.929. The Bertz CT molecular complexity index is 631. The number of hydrogen-bond donors (Lipinski definition) is 1. The third-order valence-electron chi connectivity index (χ3n) is 4.28. The van der Waals surface area contributed by atoms with Gasteiger partial charge in [-0.2, -0.15) is 4.31 Å². The van der Waals surface area contributed by atoms with Gasteiger partial charge in [-0.1, -0.05) is 6.92 Å². The second kappa shape index (κ2) is 6.02. The zero-order valence-electron chi connectivity index (χ0n) is 12.8. The lowest BCUT2D eigenvalue weighted by Gasteiger charge is -2.27. The van der Waals surface area contributed by atoms with E-state index in [9.17, 15) is 12.8 Å². The van der Waals surface area contributed by atoms with E-state index in [0.29, 0.717) is 5.56 Å². The van der Waals surface area contributed by atoms with Crippen LogP contribution < -0.4 is 5.73 Å². The maximum absolute atomic E-state index is 13.9. The van der Waals surface area contributed by atoms with Crippen molar-refractivity contribution < 1.29 is 12.8 Å². The first kappa shape index (κ1) is 16.4. The fraction of sp³-hybridized carbons (Fsp3) is 0.600. The van der Waals surface area contributed by atoms with Crippen LogP contribution in [0.1, 0.15) is 44.2 Å². The van der Waals surface area contributed by atoms with Gasteiger partial charge in [-0.3, -0.25) is 0 Å². The van der Waals surface area contributed by atoms with Gasteiger partial charge in [0.05, 0.1) is 4.90 Å². The molecule has 2 rings (SSSR count). The smallest absolute Gasteiger partial charge is 0.243 e. The molecule has 2 unspecified atom stereocenters. The van der Waals surface area contributed by atoms with E-state index in [4.69, 9.17) is 5.73 Å². The maximum Gasteiger partial charge on any atom is 0.243 e. The molecule has 0 saturated carbocycles. The highest BCUT2D eigenvalue weighted by Gasteiger charge is 2.39. The monoisotopic (exact) mass is 314 g/mol. The molecule has 2 atom stereocenters. The summed E-state index contributed by atoms with van der Waals surface area (Å²) in [5, 5.41) is 0. The molecular weight excluding hydrogens is 291 g/mol. The van der Waals surface area contributed by atoms with E-state index in [0.717, 1.165) is 19.3 Å². The number of sulfonamides is 1. The van der Waals surface area contributed by atoms with Crippen LogP contribution in [0.25, 0.3) is 0 Å². The summed E-state index contributed by atoms with van der Waals surface area (Å²) < 4.78 is 41.3. The van der Waals surface area contributed by atoms with Crippen molar-refractivity contribution in [2.24, 2.45) is 5.73 Å². The summed E-state index contributed by atoms with van der Waals surface area (Å²) in [6.07, 6.45) is 2.52. The molecule has 0 spiro atoms. The number of nitrogens with zero attached hydrogens (tertiary/aromatic N) is 1. The van der Waals surface area contributed by atoms with Crippen LogP contribution in [0.5, 0.6) is 0 Å². The Hall–Kier alpha value is -0.980. The fourth-order valence-corrected chi connectivity index (χ4v) is 5.18. The fourth-order valence-electron chi connectivity index (χ4n) is 3.09. The van der Waals surface area contributed by atoms with E-state index in [-0.39, 0.29) is 29.1 Å². The molecule has 1 aliphatic rings. The highest BCUT2D eigenvalue weighted by molar-refractivity contribution is 7.89. The van der Waals surface area contributed by atoms with E-state index in [1.54, 1.807) is 11.2 Å². The van der Waals surface area contributed by atoms with Crippen LogP contribution in [0.15, 0.2) is 17.0 Å². The first-order valence-corrected chi connectivity index (χ1v) is 8.79. The lowest BCUT2D eigenvalue weighted by atomic mass is 10.1. The molecule has 118 valence electrons. The lowest BCUT2D eigenvalue weighted by Crippen LogP contribution is -2.39. The third kappa shape index (κ3) is 2.84. The molecule has 2 N–H and O–H groups in total. The van der Waals surface area contributed by atoms with Gasteiger partial charge in [-0.25, -0.2) is 12.8 Å². The second-order valence-corrected chi connectivity index (χ2v) is 7.58. The molecule has 1 aromatic rings. The maximum atomic E-state index is 13.9. The molecule has 0 aromatic heterocycles.